The second kappa shape index (κ2) is 5.53. The van der Waals surface area contributed by atoms with Crippen molar-refractivity contribution < 1.29 is 5.11 Å². The average Bonchev–Trinajstić information content (AvgIpc) is 2.01. The van der Waals surface area contributed by atoms with Crippen molar-refractivity contribution in [3.8, 4) is 0 Å². The van der Waals surface area contributed by atoms with Crippen LogP contribution in [0, 0.1) is 0 Å². The molecule has 4 nitrogen and oxygen atoms in total. The Kier molecular flexibility index (Phi) is 4.64. The quantitative estimate of drug-likeness (QED) is 0.498. The van der Waals surface area contributed by atoms with Crippen LogP contribution in [-0.2, 0) is 0 Å². The van der Waals surface area contributed by atoms with E-state index in [9.17, 15) is 0 Å². The second-order valence-electron chi connectivity index (χ2n) is 2.84. The van der Waals surface area contributed by atoms with Gasteiger partial charge in [-0.15, -0.1) is 0 Å². The maximum absolute atomic E-state index is 8.74. The van der Waals surface area contributed by atoms with Gasteiger partial charge in [-0.1, -0.05) is 18.7 Å². The fraction of sp³-hybridized carbons (Fsp3) is 0.500. The Morgan fingerprint density at radius 3 is 2.93 bits per heavy atom. The maximum Gasteiger partial charge on any atom is 0.190 e. The second-order valence-corrected chi connectivity index (χ2v) is 5.06. The van der Waals surface area contributed by atoms with Crippen LogP contribution in [-0.4, -0.2) is 26.9 Å². The molecule has 0 fully saturated rings. The van der Waals surface area contributed by atoms with Gasteiger partial charge in [-0.05, 0) is 22.4 Å². The Morgan fingerprint density at radius 2 is 2.36 bits per heavy atom. The van der Waals surface area contributed by atoms with Crippen molar-refractivity contribution in [1.29, 1.82) is 0 Å². The summed E-state index contributed by atoms with van der Waals surface area (Å²) in [7, 11) is 0. The number of thioether (sulfide) groups is 1. The molecular weight excluding hydrogens is 266 g/mol. The zero-order chi connectivity index (χ0) is 10.6. The Morgan fingerprint density at radius 1 is 1.64 bits per heavy atom. The monoisotopic (exact) mass is 277 g/mol. The molecule has 78 valence electrons. The standard InChI is InChI=1S/C8H12BrN3OS/c1-5(2-3-13)14-8-11-6(9)4-7(10)12-8/h4-5,13H,2-3H2,1H3,(H2,10,11,12). The van der Waals surface area contributed by atoms with Crippen LogP contribution in [0.5, 0.6) is 0 Å². The van der Waals surface area contributed by atoms with Crippen LogP contribution in [0.1, 0.15) is 13.3 Å². The third kappa shape index (κ3) is 3.81. The first-order valence-corrected chi connectivity index (χ1v) is 5.86. The van der Waals surface area contributed by atoms with E-state index in [2.05, 4.69) is 25.9 Å². The SMILES string of the molecule is CC(CCO)Sc1nc(N)cc(Br)n1. The Labute approximate surface area is 95.5 Å². The first kappa shape index (κ1) is 11.7. The highest BCUT2D eigenvalue weighted by Gasteiger charge is 2.07. The van der Waals surface area contributed by atoms with Crippen LogP contribution in [0.15, 0.2) is 15.8 Å². The van der Waals surface area contributed by atoms with Gasteiger partial charge < -0.3 is 10.8 Å². The zero-order valence-electron chi connectivity index (χ0n) is 7.77. The first-order valence-electron chi connectivity index (χ1n) is 4.19. The predicted octanol–water partition coefficient (Wildman–Crippen LogP) is 1.68. The van der Waals surface area contributed by atoms with Crippen LogP contribution in [0.2, 0.25) is 0 Å². The number of hydrogen-bond acceptors (Lipinski definition) is 5. The molecule has 1 aromatic heterocycles. The van der Waals surface area contributed by atoms with E-state index in [-0.39, 0.29) is 11.9 Å². The van der Waals surface area contributed by atoms with Gasteiger partial charge in [0.15, 0.2) is 5.16 Å². The van der Waals surface area contributed by atoms with Gasteiger partial charge in [0.1, 0.15) is 10.4 Å². The molecule has 0 aliphatic heterocycles. The molecular formula is C8H12BrN3OS. The van der Waals surface area contributed by atoms with Crippen LogP contribution in [0.4, 0.5) is 5.82 Å². The number of hydrogen-bond donors (Lipinski definition) is 2. The minimum Gasteiger partial charge on any atom is -0.396 e. The lowest BCUT2D eigenvalue weighted by Crippen LogP contribution is -2.02. The lowest BCUT2D eigenvalue weighted by atomic mass is 10.3. The molecule has 0 aliphatic rings. The molecule has 1 unspecified atom stereocenters. The van der Waals surface area contributed by atoms with Gasteiger partial charge >= 0.3 is 0 Å². The van der Waals surface area contributed by atoms with Crippen LogP contribution in [0.3, 0.4) is 0 Å². The lowest BCUT2D eigenvalue weighted by molar-refractivity contribution is 0.289. The van der Waals surface area contributed by atoms with E-state index in [1.54, 1.807) is 6.07 Å². The summed E-state index contributed by atoms with van der Waals surface area (Å²) in [5.41, 5.74) is 5.57. The van der Waals surface area contributed by atoms with Crippen molar-refractivity contribution >= 4 is 33.5 Å². The van der Waals surface area contributed by atoms with Gasteiger partial charge in [0, 0.05) is 17.9 Å². The highest BCUT2D eigenvalue weighted by atomic mass is 79.9. The molecule has 0 radical (unpaired) electrons. The number of nitrogens with zero attached hydrogens (tertiary/aromatic N) is 2. The fourth-order valence-electron chi connectivity index (χ4n) is 0.887. The first-order chi connectivity index (χ1) is 6.61. The molecule has 0 amide bonds. The smallest absolute Gasteiger partial charge is 0.190 e. The van der Waals surface area contributed by atoms with Crippen molar-refractivity contribution in [2.45, 2.75) is 23.8 Å². The van der Waals surface area contributed by atoms with E-state index >= 15 is 0 Å². The average molecular weight is 278 g/mol. The van der Waals surface area contributed by atoms with Crippen molar-refractivity contribution in [2.75, 3.05) is 12.3 Å². The van der Waals surface area contributed by atoms with E-state index in [0.717, 1.165) is 6.42 Å². The Balaban J connectivity index is 2.66. The number of halogens is 1. The van der Waals surface area contributed by atoms with Crippen molar-refractivity contribution in [3.05, 3.63) is 10.7 Å². The number of nitrogens with two attached hydrogens (primary N) is 1. The summed E-state index contributed by atoms with van der Waals surface area (Å²) < 4.78 is 0.684. The molecule has 6 heteroatoms. The molecule has 1 atom stereocenters. The molecule has 0 saturated heterocycles. The molecule has 1 rings (SSSR count). The summed E-state index contributed by atoms with van der Waals surface area (Å²) >= 11 is 4.75. The lowest BCUT2D eigenvalue weighted by Gasteiger charge is -2.07. The molecule has 0 spiro atoms. The van der Waals surface area contributed by atoms with Gasteiger partial charge in [-0.25, -0.2) is 9.97 Å². The summed E-state index contributed by atoms with van der Waals surface area (Å²) in [6, 6.07) is 1.65. The van der Waals surface area contributed by atoms with E-state index in [1.165, 1.54) is 11.8 Å². The minimum atomic E-state index is 0.178. The van der Waals surface area contributed by atoms with Gasteiger partial charge in [-0.2, -0.15) is 0 Å². The number of rotatable bonds is 4. The van der Waals surface area contributed by atoms with E-state index in [4.69, 9.17) is 10.8 Å². The van der Waals surface area contributed by atoms with Crippen LogP contribution in [0.25, 0.3) is 0 Å². The highest BCUT2D eigenvalue weighted by Crippen LogP contribution is 2.23. The molecule has 0 bridgehead atoms. The molecule has 1 aromatic rings. The summed E-state index contributed by atoms with van der Waals surface area (Å²) in [6.45, 7) is 2.19. The summed E-state index contributed by atoms with van der Waals surface area (Å²) in [5, 5.41) is 9.66. The van der Waals surface area contributed by atoms with Gasteiger partial charge in [0.2, 0.25) is 0 Å². The number of nitrogen functional groups attached to an aromatic ring is 1. The normalized spacial score (nSPS) is 12.8. The summed E-state index contributed by atoms with van der Waals surface area (Å²) in [5.74, 6) is 0.450. The fourth-order valence-corrected chi connectivity index (χ4v) is 2.30. The zero-order valence-corrected chi connectivity index (χ0v) is 10.2. The molecule has 0 aliphatic carbocycles. The van der Waals surface area contributed by atoms with E-state index in [0.29, 0.717) is 15.6 Å². The third-order valence-corrected chi connectivity index (χ3v) is 2.97. The minimum absolute atomic E-state index is 0.178. The predicted molar refractivity (Wildman–Crippen MR) is 61.2 cm³/mol. The van der Waals surface area contributed by atoms with Crippen LogP contribution < -0.4 is 5.73 Å². The van der Waals surface area contributed by atoms with Gasteiger partial charge in [0.25, 0.3) is 0 Å². The Bertz CT molecular complexity index is 290. The van der Waals surface area contributed by atoms with Gasteiger partial charge in [-0.3, -0.25) is 0 Å². The highest BCUT2D eigenvalue weighted by molar-refractivity contribution is 9.10. The molecule has 1 heterocycles. The molecule has 14 heavy (non-hydrogen) atoms. The third-order valence-electron chi connectivity index (χ3n) is 1.54. The van der Waals surface area contributed by atoms with Crippen molar-refractivity contribution in [3.63, 3.8) is 0 Å². The molecule has 0 saturated carbocycles. The Hall–Kier alpha value is -0.330. The largest absolute Gasteiger partial charge is 0.396 e. The number of anilines is 1. The molecule has 3 N–H and O–H groups in total. The van der Waals surface area contributed by atoms with Crippen molar-refractivity contribution in [1.82, 2.24) is 9.97 Å². The van der Waals surface area contributed by atoms with E-state index < -0.39 is 0 Å². The van der Waals surface area contributed by atoms with E-state index in [1.807, 2.05) is 6.92 Å². The summed E-state index contributed by atoms with van der Waals surface area (Å²) in [6.07, 6.45) is 0.723. The van der Waals surface area contributed by atoms with Crippen molar-refractivity contribution in [2.24, 2.45) is 0 Å². The topological polar surface area (TPSA) is 72.0 Å². The van der Waals surface area contributed by atoms with Crippen LogP contribution >= 0.6 is 27.7 Å². The summed E-state index contributed by atoms with van der Waals surface area (Å²) in [4.78, 5) is 8.24. The molecule has 0 aromatic carbocycles. The number of aromatic nitrogens is 2. The number of aliphatic hydroxyl groups is 1. The number of aliphatic hydroxyl groups excluding tert-OH is 1. The van der Waals surface area contributed by atoms with Gasteiger partial charge in [0.05, 0.1) is 0 Å². The maximum atomic E-state index is 8.74.